The highest BCUT2D eigenvalue weighted by Gasteiger charge is 2.14. The predicted molar refractivity (Wildman–Crippen MR) is 129 cm³/mol. The van der Waals surface area contributed by atoms with Crippen molar-refractivity contribution in [3.63, 3.8) is 0 Å². The molecule has 0 aliphatic rings. The van der Waals surface area contributed by atoms with Crippen LogP contribution in [0.15, 0.2) is 60.2 Å². The third-order valence-electron chi connectivity index (χ3n) is 5.09. The van der Waals surface area contributed by atoms with Gasteiger partial charge in [0.1, 0.15) is 17.4 Å². The van der Waals surface area contributed by atoms with Crippen molar-refractivity contribution in [3.8, 4) is 17.5 Å². The summed E-state index contributed by atoms with van der Waals surface area (Å²) in [7, 11) is 3.14. The number of benzene rings is 2. The van der Waals surface area contributed by atoms with E-state index in [2.05, 4.69) is 20.5 Å². The van der Waals surface area contributed by atoms with Crippen LogP contribution in [0.2, 0.25) is 0 Å². The van der Waals surface area contributed by atoms with Gasteiger partial charge in [-0.15, -0.1) is 0 Å². The molecule has 8 nitrogen and oxygen atoms in total. The van der Waals surface area contributed by atoms with E-state index in [0.29, 0.717) is 11.4 Å². The fraction of sp³-hybridized carbons (Fsp3) is 0.160. The Labute approximate surface area is 192 Å². The van der Waals surface area contributed by atoms with Crippen LogP contribution in [-0.2, 0) is 4.79 Å². The smallest absolute Gasteiger partial charge is 0.318 e. The van der Waals surface area contributed by atoms with Crippen LogP contribution in [0.3, 0.4) is 0 Å². The number of aromatic nitrogens is 1. The number of rotatable bonds is 6. The van der Waals surface area contributed by atoms with Crippen molar-refractivity contribution in [3.05, 3.63) is 77.1 Å². The number of hydrogen-bond acceptors (Lipinski definition) is 4. The van der Waals surface area contributed by atoms with Crippen molar-refractivity contribution >= 4 is 29.4 Å². The van der Waals surface area contributed by atoms with Crippen LogP contribution < -0.4 is 20.7 Å². The summed E-state index contributed by atoms with van der Waals surface area (Å²) >= 11 is 0. The molecule has 1 heterocycles. The summed E-state index contributed by atoms with van der Waals surface area (Å²) in [5.74, 6) is 0.251. The molecule has 0 aliphatic heterocycles. The molecule has 8 heteroatoms. The Morgan fingerprint density at radius 2 is 1.61 bits per heavy atom. The average molecular weight is 444 g/mol. The zero-order valence-corrected chi connectivity index (χ0v) is 18.9. The van der Waals surface area contributed by atoms with Crippen LogP contribution >= 0.6 is 0 Å². The Hall–Kier alpha value is -4.51. The molecule has 0 fully saturated rings. The topological polar surface area (TPSA) is 108 Å². The second kappa shape index (κ2) is 10.2. The van der Waals surface area contributed by atoms with Gasteiger partial charge in [-0.2, -0.15) is 5.26 Å². The number of carbonyl (C=O) groups is 2. The summed E-state index contributed by atoms with van der Waals surface area (Å²) in [6, 6.07) is 17.9. The predicted octanol–water partition coefficient (Wildman–Crippen LogP) is 4.40. The molecule has 33 heavy (non-hydrogen) atoms. The monoisotopic (exact) mass is 443 g/mol. The van der Waals surface area contributed by atoms with E-state index in [1.807, 2.05) is 50.2 Å². The molecule has 0 atom stereocenters. The lowest BCUT2D eigenvalue weighted by Crippen LogP contribution is -2.24. The highest BCUT2D eigenvalue weighted by Crippen LogP contribution is 2.24. The van der Waals surface area contributed by atoms with Crippen LogP contribution in [-0.4, -0.2) is 30.7 Å². The first-order valence-electron chi connectivity index (χ1n) is 10.2. The van der Waals surface area contributed by atoms with Gasteiger partial charge in [0, 0.05) is 35.5 Å². The van der Waals surface area contributed by atoms with Crippen molar-refractivity contribution in [2.75, 3.05) is 24.8 Å². The molecular weight excluding hydrogens is 418 g/mol. The number of urea groups is 1. The lowest BCUT2D eigenvalue weighted by atomic mass is 10.1. The fourth-order valence-corrected chi connectivity index (χ4v) is 3.40. The second-order valence-corrected chi connectivity index (χ2v) is 7.27. The van der Waals surface area contributed by atoms with Crippen LogP contribution in [0.5, 0.6) is 5.75 Å². The molecule has 0 unspecified atom stereocenters. The normalized spacial score (nSPS) is 10.8. The molecule has 0 spiro atoms. The van der Waals surface area contributed by atoms with Gasteiger partial charge in [-0.3, -0.25) is 4.79 Å². The number of aryl methyl sites for hydroxylation is 1. The van der Waals surface area contributed by atoms with Crippen LogP contribution in [0.1, 0.15) is 17.0 Å². The Morgan fingerprint density at radius 1 is 1.00 bits per heavy atom. The van der Waals surface area contributed by atoms with E-state index in [1.165, 1.54) is 7.05 Å². The largest absolute Gasteiger partial charge is 0.497 e. The first-order chi connectivity index (χ1) is 15.9. The Bertz CT molecular complexity index is 1230. The lowest BCUT2D eigenvalue weighted by Gasteiger charge is -2.10. The Balaban J connectivity index is 1.81. The lowest BCUT2D eigenvalue weighted by molar-refractivity contribution is -0.112. The summed E-state index contributed by atoms with van der Waals surface area (Å²) in [4.78, 5) is 24.1. The molecule has 1 aromatic heterocycles. The number of hydrogen-bond donors (Lipinski definition) is 3. The van der Waals surface area contributed by atoms with Gasteiger partial charge < -0.3 is 25.3 Å². The molecule has 0 radical (unpaired) electrons. The molecule has 0 saturated heterocycles. The number of amides is 3. The highest BCUT2D eigenvalue weighted by atomic mass is 16.5. The zero-order valence-electron chi connectivity index (χ0n) is 18.9. The molecule has 2 aromatic carbocycles. The number of nitrogens with zero attached hydrogens (tertiary/aromatic N) is 2. The summed E-state index contributed by atoms with van der Waals surface area (Å²) in [5, 5.41) is 17.4. The van der Waals surface area contributed by atoms with E-state index in [4.69, 9.17) is 4.74 Å². The summed E-state index contributed by atoms with van der Waals surface area (Å²) in [6.45, 7) is 3.91. The molecule has 3 N–H and O–H groups in total. The fourth-order valence-electron chi connectivity index (χ4n) is 3.40. The summed E-state index contributed by atoms with van der Waals surface area (Å²) in [6.07, 6.45) is 1.58. The maximum absolute atomic E-state index is 12.7. The first kappa shape index (κ1) is 23.2. The molecular formula is C25H25N5O3. The van der Waals surface area contributed by atoms with Crippen LogP contribution in [0, 0.1) is 25.2 Å². The SMILES string of the molecule is CNC(=O)Nc1ccc(NC(=O)/C(C#N)=C/c2cc(C)n(-c3ccc(OC)cc3)c2C)cc1. The van der Waals surface area contributed by atoms with Crippen molar-refractivity contribution in [1.82, 2.24) is 9.88 Å². The summed E-state index contributed by atoms with van der Waals surface area (Å²) < 4.78 is 7.27. The maximum atomic E-state index is 12.7. The van der Waals surface area contributed by atoms with Crippen LogP contribution in [0.4, 0.5) is 16.2 Å². The first-order valence-corrected chi connectivity index (χ1v) is 10.2. The van der Waals surface area contributed by atoms with Gasteiger partial charge in [0.2, 0.25) is 0 Å². The molecule has 168 valence electrons. The van der Waals surface area contributed by atoms with Gasteiger partial charge in [0.05, 0.1) is 7.11 Å². The van der Waals surface area contributed by atoms with Gasteiger partial charge in [0.25, 0.3) is 5.91 Å². The molecule has 0 aliphatic carbocycles. The standard InChI is InChI=1S/C25H25N5O3/c1-16-13-18(17(2)30(16)22-9-11-23(33-4)12-10-22)14-19(15-26)24(31)28-20-5-7-21(8-6-20)29-25(32)27-3/h5-14H,1-4H3,(H,28,31)(H2,27,29,32)/b19-14+. The van der Waals surface area contributed by atoms with Crippen LogP contribution in [0.25, 0.3) is 11.8 Å². The van der Waals surface area contributed by atoms with Gasteiger partial charge >= 0.3 is 6.03 Å². The van der Waals surface area contributed by atoms with Crippen molar-refractivity contribution in [2.24, 2.45) is 0 Å². The zero-order chi connectivity index (χ0) is 24.0. The number of nitriles is 1. The molecule has 3 aromatic rings. The van der Waals surface area contributed by atoms with E-state index < -0.39 is 5.91 Å². The highest BCUT2D eigenvalue weighted by molar-refractivity contribution is 6.09. The van der Waals surface area contributed by atoms with E-state index in [-0.39, 0.29) is 11.6 Å². The minimum absolute atomic E-state index is 0.0162. The Morgan fingerprint density at radius 3 is 2.15 bits per heavy atom. The van der Waals surface area contributed by atoms with Gasteiger partial charge in [-0.25, -0.2) is 4.79 Å². The maximum Gasteiger partial charge on any atom is 0.318 e. The third-order valence-corrected chi connectivity index (χ3v) is 5.09. The Kier molecular flexibility index (Phi) is 7.16. The van der Waals surface area contributed by atoms with Crippen molar-refractivity contribution < 1.29 is 14.3 Å². The van der Waals surface area contributed by atoms with Gasteiger partial charge in [0.15, 0.2) is 0 Å². The minimum atomic E-state index is -0.515. The van der Waals surface area contributed by atoms with Crippen molar-refractivity contribution in [1.29, 1.82) is 5.26 Å². The number of anilines is 2. The number of carbonyl (C=O) groups excluding carboxylic acids is 2. The minimum Gasteiger partial charge on any atom is -0.497 e. The van der Waals surface area contributed by atoms with E-state index in [9.17, 15) is 14.9 Å². The molecule has 3 amide bonds. The van der Waals surface area contributed by atoms with E-state index in [1.54, 1.807) is 37.5 Å². The quantitative estimate of drug-likeness (QED) is 0.388. The average Bonchev–Trinajstić information content (AvgIpc) is 3.11. The molecule has 3 rings (SSSR count). The van der Waals surface area contributed by atoms with Crippen molar-refractivity contribution in [2.45, 2.75) is 13.8 Å². The number of ether oxygens (including phenoxy) is 1. The van der Waals surface area contributed by atoms with E-state index in [0.717, 1.165) is 28.4 Å². The summed E-state index contributed by atoms with van der Waals surface area (Å²) in [5.41, 5.74) is 4.68. The number of methoxy groups -OCH3 is 1. The number of nitrogens with one attached hydrogen (secondary N) is 3. The van der Waals surface area contributed by atoms with Gasteiger partial charge in [-0.05, 0) is 80.1 Å². The molecule has 0 bridgehead atoms. The van der Waals surface area contributed by atoms with E-state index >= 15 is 0 Å². The third kappa shape index (κ3) is 5.40. The van der Waals surface area contributed by atoms with Gasteiger partial charge in [-0.1, -0.05) is 0 Å². The molecule has 0 saturated carbocycles. The second-order valence-electron chi connectivity index (χ2n) is 7.27.